The molecule has 0 aliphatic heterocycles. The highest BCUT2D eigenvalue weighted by Gasteiger charge is 2.20. The van der Waals surface area contributed by atoms with E-state index in [-0.39, 0.29) is 6.04 Å². The molecule has 366 valence electrons. The molecule has 10 aromatic carbocycles. The minimum atomic E-state index is 0.264. The Kier molecular flexibility index (Phi) is 13.9. The van der Waals surface area contributed by atoms with Gasteiger partial charge < -0.3 is 19.6 Å². The molecule has 12 rings (SSSR count). The highest BCUT2D eigenvalue weighted by atomic mass is 15.2. The second-order valence-corrected chi connectivity index (χ2v) is 19.2. The molecule has 0 fully saturated rings. The number of anilines is 10. The fourth-order valence-electron chi connectivity index (χ4n) is 10.5. The van der Waals surface area contributed by atoms with Crippen molar-refractivity contribution >= 4 is 56.9 Å². The highest BCUT2D eigenvalue weighted by Crippen LogP contribution is 2.41. The van der Waals surface area contributed by atoms with Crippen molar-refractivity contribution in [2.45, 2.75) is 25.3 Å². The van der Waals surface area contributed by atoms with Gasteiger partial charge in [-0.25, -0.2) is 0 Å². The molecule has 0 aromatic heterocycles. The van der Waals surface area contributed by atoms with E-state index < -0.39 is 0 Å². The smallest absolute Gasteiger partial charge is 0.0559 e. The Balaban J connectivity index is 0.768. The normalized spacial score (nSPS) is 13.7. The predicted molar refractivity (Wildman–Crippen MR) is 322 cm³/mol. The molecule has 0 radical (unpaired) electrons. The monoisotopic (exact) mass is 978 g/mol. The van der Waals surface area contributed by atoms with E-state index in [1.807, 2.05) is 0 Å². The van der Waals surface area contributed by atoms with Gasteiger partial charge in [0.1, 0.15) is 0 Å². The van der Waals surface area contributed by atoms with Crippen LogP contribution in [0.5, 0.6) is 0 Å². The van der Waals surface area contributed by atoms with Crippen LogP contribution in [0.1, 0.15) is 19.3 Å². The van der Waals surface area contributed by atoms with Crippen LogP contribution < -0.4 is 19.6 Å². The first-order valence-corrected chi connectivity index (χ1v) is 26.4. The van der Waals surface area contributed by atoms with Gasteiger partial charge in [-0.2, -0.15) is 0 Å². The molecular weight excluding hydrogens is 921 g/mol. The van der Waals surface area contributed by atoms with Crippen LogP contribution >= 0.6 is 0 Å². The summed E-state index contributed by atoms with van der Waals surface area (Å²) in [4.78, 5) is 9.43. The van der Waals surface area contributed by atoms with Crippen molar-refractivity contribution in [3.05, 3.63) is 315 Å². The molecule has 4 heteroatoms. The second-order valence-electron chi connectivity index (χ2n) is 19.2. The molecule has 10 aromatic rings. The Morgan fingerprint density at radius 3 is 0.895 bits per heavy atom. The lowest BCUT2D eigenvalue weighted by Gasteiger charge is -2.32. The van der Waals surface area contributed by atoms with Crippen LogP contribution in [-0.2, 0) is 0 Å². The van der Waals surface area contributed by atoms with Crippen LogP contribution in [-0.4, -0.2) is 6.04 Å². The van der Waals surface area contributed by atoms with Crippen molar-refractivity contribution in [2.24, 2.45) is 0 Å². The van der Waals surface area contributed by atoms with Gasteiger partial charge >= 0.3 is 0 Å². The Hall–Kier alpha value is -9.64. The third kappa shape index (κ3) is 10.3. The van der Waals surface area contributed by atoms with Crippen molar-refractivity contribution in [1.82, 2.24) is 0 Å². The molecule has 4 nitrogen and oxygen atoms in total. The largest absolute Gasteiger partial charge is 0.334 e. The lowest BCUT2D eigenvalue weighted by molar-refractivity contribution is 0.785. The van der Waals surface area contributed by atoms with Crippen LogP contribution in [0.15, 0.2) is 315 Å². The third-order valence-corrected chi connectivity index (χ3v) is 14.4. The summed E-state index contributed by atoms with van der Waals surface area (Å²) in [6.07, 6.45) is 18.8. The molecule has 0 spiro atoms. The van der Waals surface area contributed by atoms with Gasteiger partial charge in [0.25, 0.3) is 0 Å². The van der Waals surface area contributed by atoms with Gasteiger partial charge in [0.2, 0.25) is 0 Å². The fourth-order valence-corrected chi connectivity index (χ4v) is 10.5. The van der Waals surface area contributed by atoms with Gasteiger partial charge in [0.05, 0.1) is 6.04 Å². The van der Waals surface area contributed by atoms with Crippen molar-refractivity contribution in [3.8, 4) is 33.4 Å². The van der Waals surface area contributed by atoms with Gasteiger partial charge in [0, 0.05) is 62.6 Å². The first-order chi connectivity index (χ1) is 37.7. The molecule has 0 bridgehead atoms. The van der Waals surface area contributed by atoms with E-state index >= 15 is 0 Å². The number of hydrogen-bond donors (Lipinski definition) is 0. The average molecular weight is 979 g/mol. The molecule has 2 aliphatic carbocycles. The van der Waals surface area contributed by atoms with Crippen molar-refractivity contribution in [1.29, 1.82) is 0 Å². The van der Waals surface area contributed by atoms with Gasteiger partial charge in [-0.1, -0.05) is 182 Å². The van der Waals surface area contributed by atoms with E-state index in [0.717, 1.165) is 75.9 Å². The summed E-state index contributed by atoms with van der Waals surface area (Å²) in [7, 11) is 0. The molecule has 0 N–H and O–H groups in total. The summed E-state index contributed by atoms with van der Waals surface area (Å²) in [6.45, 7) is 0. The molecule has 0 saturated carbocycles. The van der Waals surface area contributed by atoms with E-state index in [1.54, 1.807) is 0 Å². The zero-order valence-electron chi connectivity index (χ0n) is 42.4. The Bertz CT molecular complexity index is 3610. The lowest BCUT2D eigenvalue weighted by atomic mass is 10.0. The third-order valence-electron chi connectivity index (χ3n) is 14.4. The number of hydrogen-bond acceptors (Lipinski definition) is 4. The lowest BCUT2D eigenvalue weighted by Crippen LogP contribution is -2.29. The Morgan fingerprint density at radius 2 is 0.566 bits per heavy atom. The molecule has 1 atom stereocenters. The first kappa shape index (κ1) is 47.4. The molecule has 0 amide bonds. The van der Waals surface area contributed by atoms with E-state index in [2.05, 4.69) is 329 Å². The zero-order chi connectivity index (χ0) is 50.9. The van der Waals surface area contributed by atoms with E-state index in [1.165, 1.54) is 39.3 Å². The SMILES string of the molecule is C1=CCC(N(c2ccccc2)c2ccc(-c3ccc(N(c4ccccc4)c4ccc(-c5ccc(N(c6ccccc6)c6ccc(-c7ccc(N(C8=CCCC=C8)c8ccccc8)cc7)cc6)cc5)cc4)cc3)cc2)C=C1. The standard InChI is InChI=1S/C72H58N4/c1-7-19-61(20-8-1)73(62-21-9-2-10-22-62)67-43-31-55(32-44-67)57-35-47-69(48-36-57)75(65-27-15-5-16-28-65)71-51-39-59(40-52-71)60-41-53-72(54-42-60)76(66-29-17-6-18-30-66)70-49-37-58(38-50-70)56-33-45-68(46-34-56)74(63-23-11-3-12-24-63)64-25-13-4-14-26-64/h1-3,5-13,15-21,23-54,62H,4,14,22H2. The minimum absolute atomic E-state index is 0.264. The number of benzene rings is 10. The van der Waals surface area contributed by atoms with Crippen LogP contribution in [0, 0.1) is 0 Å². The average Bonchev–Trinajstić information content (AvgIpc) is 3.51. The summed E-state index contributed by atoms with van der Waals surface area (Å²) in [5.41, 5.74) is 19.5. The molecule has 0 heterocycles. The maximum Gasteiger partial charge on any atom is 0.0559 e. The molecule has 1 unspecified atom stereocenters. The fraction of sp³-hybridized carbons (Fsp3) is 0.0556. The van der Waals surface area contributed by atoms with Crippen molar-refractivity contribution in [2.75, 3.05) is 19.6 Å². The van der Waals surface area contributed by atoms with Crippen LogP contribution in [0.4, 0.5) is 56.9 Å². The summed E-state index contributed by atoms with van der Waals surface area (Å²) in [5.74, 6) is 0. The predicted octanol–water partition coefficient (Wildman–Crippen LogP) is 20.0. The van der Waals surface area contributed by atoms with Gasteiger partial charge in [0.15, 0.2) is 0 Å². The minimum Gasteiger partial charge on any atom is -0.334 e. The highest BCUT2D eigenvalue weighted by molar-refractivity contribution is 5.83. The Morgan fingerprint density at radius 1 is 0.263 bits per heavy atom. The van der Waals surface area contributed by atoms with Gasteiger partial charge in [-0.05, 0) is 180 Å². The quantitative estimate of drug-likeness (QED) is 0.101. The zero-order valence-corrected chi connectivity index (χ0v) is 42.4. The van der Waals surface area contributed by atoms with Crippen LogP contribution in [0.2, 0.25) is 0 Å². The second kappa shape index (κ2) is 22.2. The molecular formula is C72H58N4. The number of rotatable bonds is 15. The summed E-state index contributed by atoms with van der Waals surface area (Å²) in [6, 6.07) is 96.5. The van der Waals surface area contributed by atoms with E-state index in [0.29, 0.717) is 0 Å². The molecule has 0 saturated heterocycles. The maximum atomic E-state index is 2.43. The first-order valence-electron chi connectivity index (χ1n) is 26.4. The van der Waals surface area contributed by atoms with E-state index in [4.69, 9.17) is 0 Å². The van der Waals surface area contributed by atoms with Crippen LogP contribution in [0.3, 0.4) is 0 Å². The summed E-state index contributed by atoms with van der Waals surface area (Å²) >= 11 is 0. The van der Waals surface area contributed by atoms with Crippen molar-refractivity contribution in [3.63, 3.8) is 0 Å². The number of para-hydroxylation sites is 4. The molecule has 76 heavy (non-hydrogen) atoms. The van der Waals surface area contributed by atoms with E-state index in [9.17, 15) is 0 Å². The van der Waals surface area contributed by atoms with Gasteiger partial charge in [-0.15, -0.1) is 0 Å². The Labute approximate surface area is 448 Å². The number of nitrogens with zero attached hydrogens (tertiary/aromatic N) is 4. The molecule has 2 aliphatic rings. The van der Waals surface area contributed by atoms with Crippen LogP contribution in [0.25, 0.3) is 33.4 Å². The van der Waals surface area contributed by atoms with Crippen molar-refractivity contribution < 1.29 is 0 Å². The summed E-state index contributed by atoms with van der Waals surface area (Å²) < 4.78 is 0. The number of allylic oxidation sites excluding steroid dienone is 5. The summed E-state index contributed by atoms with van der Waals surface area (Å²) in [5, 5.41) is 0. The maximum absolute atomic E-state index is 2.43. The topological polar surface area (TPSA) is 13.0 Å². The van der Waals surface area contributed by atoms with Gasteiger partial charge in [-0.3, -0.25) is 0 Å².